The molecule has 2 aliphatic heterocycles. The molecular weight excluding hydrogens is 220 g/mol. The summed E-state index contributed by atoms with van der Waals surface area (Å²) < 4.78 is 0. The summed E-state index contributed by atoms with van der Waals surface area (Å²) in [5.74, 6) is 1.29. The van der Waals surface area contributed by atoms with Gasteiger partial charge in [-0.3, -0.25) is 4.99 Å². The molecule has 0 aliphatic carbocycles. The van der Waals surface area contributed by atoms with Gasteiger partial charge in [0.05, 0.1) is 0 Å². The summed E-state index contributed by atoms with van der Waals surface area (Å²) in [4.78, 5) is 6.92. The van der Waals surface area contributed by atoms with Crippen molar-refractivity contribution in [1.82, 2.24) is 4.90 Å². The zero-order valence-electron chi connectivity index (χ0n) is 9.36. The molecule has 2 aliphatic rings. The Morgan fingerprint density at radius 2 is 2.25 bits per heavy atom. The summed E-state index contributed by atoms with van der Waals surface area (Å²) in [6.45, 7) is 3.24. The third kappa shape index (κ3) is 1.66. The minimum Gasteiger partial charge on any atom is -0.305 e. The van der Waals surface area contributed by atoms with Crippen LogP contribution in [0, 0.1) is 5.92 Å². The minimum absolute atomic E-state index is 0.625. The third-order valence-corrected chi connectivity index (χ3v) is 3.88. The molecule has 1 aromatic carbocycles. The van der Waals surface area contributed by atoms with Crippen LogP contribution in [0.15, 0.2) is 23.2 Å². The van der Waals surface area contributed by atoms with Gasteiger partial charge in [-0.15, -0.1) is 0 Å². The number of rotatable bonds is 0. The highest BCUT2D eigenvalue weighted by Crippen LogP contribution is 2.35. The minimum atomic E-state index is 0.625. The van der Waals surface area contributed by atoms with Crippen LogP contribution in [-0.2, 0) is 0 Å². The number of benzene rings is 1. The van der Waals surface area contributed by atoms with Gasteiger partial charge in [-0.05, 0) is 36.2 Å². The van der Waals surface area contributed by atoms with E-state index in [-0.39, 0.29) is 0 Å². The van der Waals surface area contributed by atoms with Gasteiger partial charge in [0.15, 0.2) is 0 Å². The van der Waals surface area contributed by atoms with Crippen LogP contribution in [0.2, 0.25) is 5.02 Å². The molecule has 16 heavy (non-hydrogen) atoms. The Kier molecular flexibility index (Phi) is 2.49. The highest BCUT2D eigenvalue weighted by atomic mass is 35.5. The van der Waals surface area contributed by atoms with Gasteiger partial charge in [0.25, 0.3) is 0 Å². The predicted octanol–water partition coefficient (Wildman–Crippen LogP) is 2.42. The van der Waals surface area contributed by atoms with E-state index in [9.17, 15) is 0 Å². The van der Waals surface area contributed by atoms with Gasteiger partial charge in [0, 0.05) is 36.8 Å². The normalized spacial score (nSPS) is 28.6. The molecule has 2 nitrogen and oxygen atoms in total. The van der Waals surface area contributed by atoms with Crippen molar-refractivity contribution in [3.8, 4) is 0 Å². The summed E-state index contributed by atoms with van der Waals surface area (Å²) in [7, 11) is 2.19. The second kappa shape index (κ2) is 3.86. The van der Waals surface area contributed by atoms with Crippen LogP contribution in [0.4, 0.5) is 0 Å². The Morgan fingerprint density at radius 3 is 3.12 bits per heavy atom. The molecule has 3 heteroatoms. The summed E-state index contributed by atoms with van der Waals surface area (Å²) in [6, 6.07) is 6.20. The fourth-order valence-corrected chi connectivity index (χ4v) is 3.09. The maximum absolute atomic E-state index is 6.03. The van der Waals surface area contributed by atoms with Crippen LogP contribution in [-0.4, -0.2) is 37.8 Å². The van der Waals surface area contributed by atoms with Gasteiger partial charge >= 0.3 is 0 Å². The molecule has 2 unspecified atom stereocenters. The van der Waals surface area contributed by atoms with E-state index in [0.717, 1.165) is 24.7 Å². The first-order chi connectivity index (χ1) is 7.74. The van der Waals surface area contributed by atoms with Crippen LogP contribution in [0.5, 0.6) is 0 Å². The van der Waals surface area contributed by atoms with Gasteiger partial charge in [0.2, 0.25) is 0 Å². The summed E-state index contributed by atoms with van der Waals surface area (Å²) in [5, 5.41) is 0.801. The Morgan fingerprint density at radius 1 is 1.38 bits per heavy atom. The maximum Gasteiger partial charge on any atom is 0.0436 e. The first-order valence-electron chi connectivity index (χ1n) is 5.72. The van der Waals surface area contributed by atoms with Crippen molar-refractivity contribution in [1.29, 1.82) is 0 Å². The predicted molar refractivity (Wildman–Crippen MR) is 67.6 cm³/mol. The molecule has 0 bridgehead atoms. The third-order valence-electron chi connectivity index (χ3n) is 3.64. The summed E-state index contributed by atoms with van der Waals surface area (Å²) >= 11 is 6.03. The summed E-state index contributed by atoms with van der Waals surface area (Å²) in [6.07, 6.45) is 1.99. The van der Waals surface area contributed by atoms with Crippen molar-refractivity contribution in [2.24, 2.45) is 10.9 Å². The molecule has 1 saturated heterocycles. The van der Waals surface area contributed by atoms with E-state index < -0.39 is 0 Å². The molecule has 0 spiro atoms. The Bertz CT molecular complexity index is 442. The van der Waals surface area contributed by atoms with Crippen LogP contribution < -0.4 is 0 Å². The number of halogens is 1. The van der Waals surface area contributed by atoms with Crippen LogP contribution >= 0.6 is 11.6 Å². The molecule has 84 valence electrons. The molecular formula is C13H15ClN2. The smallest absolute Gasteiger partial charge is 0.0436 e. The van der Waals surface area contributed by atoms with Crippen molar-refractivity contribution in [3.05, 3.63) is 34.3 Å². The zero-order valence-corrected chi connectivity index (χ0v) is 10.1. The topological polar surface area (TPSA) is 15.6 Å². The number of fused-ring (bicyclic) bond motifs is 3. The molecule has 0 saturated carbocycles. The molecule has 3 rings (SSSR count). The number of likely N-dealkylation sites (tertiary alicyclic amines) is 1. The van der Waals surface area contributed by atoms with E-state index in [1.54, 1.807) is 0 Å². The standard InChI is InChI=1S/C13H15ClN2/c1-16-7-10-6-15-5-9-4-11(14)2-3-12(9)13(10)8-16/h2-5,10,13H,6-8H2,1H3. The van der Waals surface area contributed by atoms with Gasteiger partial charge in [-0.25, -0.2) is 0 Å². The lowest BCUT2D eigenvalue weighted by molar-refractivity contribution is 0.397. The Hall–Kier alpha value is -0.860. The average Bonchev–Trinajstić information content (AvgIpc) is 2.52. The summed E-state index contributed by atoms with van der Waals surface area (Å²) in [5.41, 5.74) is 2.62. The Labute approximate surface area is 101 Å². The molecule has 0 amide bonds. The number of aliphatic imine (C=N–C) groups is 1. The van der Waals surface area contributed by atoms with Crippen molar-refractivity contribution in [2.45, 2.75) is 5.92 Å². The lowest BCUT2D eigenvalue weighted by atomic mass is 9.87. The second-order valence-corrected chi connectivity index (χ2v) is 5.29. The first-order valence-corrected chi connectivity index (χ1v) is 6.09. The SMILES string of the molecule is CN1CC2CN=Cc3cc(Cl)ccc3C2C1. The van der Waals surface area contributed by atoms with Crippen molar-refractivity contribution in [3.63, 3.8) is 0 Å². The van der Waals surface area contributed by atoms with Crippen LogP contribution in [0.1, 0.15) is 17.0 Å². The van der Waals surface area contributed by atoms with Crippen molar-refractivity contribution in [2.75, 3.05) is 26.7 Å². The van der Waals surface area contributed by atoms with E-state index in [2.05, 4.69) is 23.0 Å². The van der Waals surface area contributed by atoms with Gasteiger partial charge in [0.1, 0.15) is 0 Å². The van der Waals surface area contributed by atoms with Crippen LogP contribution in [0.3, 0.4) is 0 Å². The molecule has 1 fully saturated rings. The fourth-order valence-electron chi connectivity index (χ4n) is 2.91. The average molecular weight is 235 g/mol. The van der Waals surface area contributed by atoms with E-state index >= 15 is 0 Å². The maximum atomic E-state index is 6.03. The van der Waals surface area contributed by atoms with Crippen molar-refractivity contribution < 1.29 is 0 Å². The van der Waals surface area contributed by atoms with E-state index in [1.807, 2.05) is 18.3 Å². The number of hydrogen-bond acceptors (Lipinski definition) is 2. The quantitative estimate of drug-likeness (QED) is 0.673. The van der Waals surface area contributed by atoms with Crippen LogP contribution in [0.25, 0.3) is 0 Å². The number of likely N-dealkylation sites (N-methyl/N-ethyl adjacent to an activating group) is 1. The van der Waals surface area contributed by atoms with Crippen molar-refractivity contribution >= 4 is 17.8 Å². The monoisotopic (exact) mass is 234 g/mol. The molecule has 2 heterocycles. The molecule has 0 aromatic heterocycles. The largest absolute Gasteiger partial charge is 0.305 e. The zero-order chi connectivity index (χ0) is 11.1. The second-order valence-electron chi connectivity index (χ2n) is 4.86. The molecule has 2 atom stereocenters. The Balaban J connectivity index is 2.06. The van der Waals surface area contributed by atoms with Gasteiger partial charge < -0.3 is 4.90 Å². The highest BCUT2D eigenvalue weighted by molar-refractivity contribution is 6.30. The van der Waals surface area contributed by atoms with Gasteiger partial charge in [-0.1, -0.05) is 17.7 Å². The fraction of sp³-hybridized carbons (Fsp3) is 0.462. The number of nitrogens with zero attached hydrogens (tertiary/aromatic N) is 2. The van der Waals surface area contributed by atoms with E-state index in [0.29, 0.717) is 11.8 Å². The van der Waals surface area contributed by atoms with Gasteiger partial charge in [-0.2, -0.15) is 0 Å². The highest BCUT2D eigenvalue weighted by Gasteiger charge is 2.33. The van der Waals surface area contributed by atoms with E-state index in [4.69, 9.17) is 11.6 Å². The molecule has 0 radical (unpaired) electrons. The lowest BCUT2D eigenvalue weighted by Crippen LogP contribution is -2.15. The van der Waals surface area contributed by atoms with E-state index in [1.165, 1.54) is 11.1 Å². The molecule has 1 aromatic rings. The lowest BCUT2D eigenvalue weighted by Gasteiger charge is -2.16. The molecule has 0 N–H and O–H groups in total. The number of hydrogen-bond donors (Lipinski definition) is 0. The first kappa shape index (κ1) is 10.3.